The molecule has 0 heterocycles. The molecule has 1 N–H and O–H groups in total. The Labute approximate surface area is 158 Å². The summed E-state index contributed by atoms with van der Waals surface area (Å²) in [6.45, 7) is 5.63. The Morgan fingerprint density at radius 1 is 0.778 bits per heavy atom. The number of carbonyl (C=O) groups is 2. The van der Waals surface area contributed by atoms with E-state index in [-0.39, 0.29) is 0 Å². The monoisotopic (exact) mass is 391 g/mol. The molecule has 0 saturated heterocycles. The quantitative estimate of drug-likeness (QED) is 0.516. The van der Waals surface area contributed by atoms with Crippen LogP contribution >= 0.6 is 7.51 Å². The Balaban J connectivity index is 2.01. The minimum absolute atomic E-state index is 0.302. The fourth-order valence-electron chi connectivity index (χ4n) is 2.15. The van der Waals surface area contributed by atoms with Gasteiger partial charge in [-0.2, -0.15) is 0 Å². The molecule has 0 atom stereocenters. The zero-order valence-electron chi connectivity index (χ0n) is 15.4. The summed E-state index contributed by atoms with van der Waals surface area (Å²) in [5.41, 5.74) is 0.814. The van der Waals surface area contributed by atoms with Crippen LogP contribution in [-0.4, -0.2) is 31.8 Å². The van der Waals surface area contributed by atoms with Crippen LogP contribution in [0.5, 0.6) is 11.5 Å². The van der Waals surface area contributed by atoms with Crippen molar-refractivity contribution in [2.24, 2.45) is 0 Å². The smallest absolute Gasteiger partial charge is 0.338 e. The molecule has 0 spiro atoms. The van der Waals surface area contributed by atoms with Crippen molar-refractivity contribution in [1.82, 2.24) is 0 Å². The molecule has 0 radical (unpaired) electrons. The Morgan fingerprint density at radius 3 is 1.41 bits per heavy atom. The molecule has 0 aliphatic heterocycles. The van der Waals surface area contributed by atoms with Crippen molar-refractivity contribution in [2.75, 3.05) is 19.9 Å². The number of hydrogen-bond acceptors (Lipinski definition) is 7. The second-order valence-electron chi connectivity index (χ2n) is 5.52. The highest BCUT2D eigenvalue weighted by Gasteiger charge is 2.17. The summed E-state index contributed by atoms with van der Waals surface area (Å²) >= 11 is 0. The predicted octanol–water partition coefficient (Wildman–Crippen LogP) is 4.74. The third-order valence-corrected chi connectivity index (χ3v) is 4.41. The second-order valence-corrected chi connectivity index (χ2v) is 7.58. The average Bonchev–Trinajstić information content (AvgIpc) is 2.62. The number of nitrogens with one attached hydrogen (secondary N) is 1. The Kier molecular flexibility index (Phi) is 7.02. The first-order valence-corrected chi connectivity index (χ1v) is 10.5. The van der Waals surface area contributed by atoms with Gasteiger partial charge in [0.1, 0.15) is 11.5 Å². The SMILES string of the molecule is CCOC(=O)c1ccc(OP(C)(=N)Oc2ccc(C(=O)OCC)cc2)cc1. The summed E-state index contributed by atoms with van der Waals surface area (Å²) in [7, 11) is -2.97. The molecule has 0 saturated carbocycles. The van der Waals surface area contributed by atoms with Crippen LogP contribution < -0.4 is 9.05 Å². The van der Waals surface area contributed by atoms with Gasteiger partial charge in [0.05, 0.1) is 24.3 Å². The van der Waals surface area contributed by atoms with Crippen molar-refractivity contribution in [2.45, 2.75) is 13.8 Å². The van der Waals surface area contributed by atoms with E-state index in [9.17, 15) is 9.59 Å². The number of ether oxygens (including phenoxy) is 2. The van der Waals surface area contributed by atoms with Crippen molar-refractivity contribution in [3.05, 3.63) is 59.7 Å². The molecule has 8 heteroatoms. The van der Waals surface area contributed by atoms with E-state index in [2.05, 4.69) is 0 Å². The van der Waals surface area contributed by atoms with Gasteiger partial charge >= 0.3 is 19.4 Å². The van der Waals surface area contributed by atoms with Crippen LogP contribution in [0.1, 0.15) is 34.6 Å². The van der Waals surface area contributed by atoms with Gasteiger partial charge < -0.3 is 18.5 Å². The third-order valence-electron chi connectivity index (χ3n) is 3.29. The number of benzene rings is 2. The minimum atomic E-state index is -2.97. The van der Waals surface area contributed by atoms with Crippen LogP contribution in [0.3, 0.4) is 0 Å². The van der Waals surface area contributed by atoms with Gasteiger partial charge in [-0.25, -0.2) is 14.8 Å². The van der Waals surface area contributed by atoms with Crippen LogP contribution in [0.2, 0.25) is 0 Å². The van der Waals surface area contributed by atoms with E-state index in [0.717, 1.165) is 0 Å². The predicted molar refractivity (Wildman–Crippen MR) is 102 cm³/mol. The molecule has 0 fully saturated rings. The van der Waals surface area contributed by atoms with Crippen LogP contribution in [-0.2, 0) is 9.47 Å². The highest BCUT2D eigenvalue weighted by Crippen LogP contribution is 2.45. The zero-order valence-corrected chi connectivity index (χ0v) is 16.3. The van der Waals surface area contributed by atoms with E-state index < -0.39 is 19.4 Å². The van der Waals surface area contributed by atoms with Crippen molar-refractivity contribution in [3.63, 3.8) is 0 Å². The van der Waals surface area contributed by atoms with Gasteiger partial charge in [-0.3, -0.25) is 0 Å². The molecule has 0 bridgehead atoms. The van der Waals surface area contributed by atoms with E-state index >= 15 is 0 Å². The van der Waals surface area contributed by atoms with Gasteiger partial charge in [-0.15, -0.1) is 0 Å². The molecule has 2 aromatic rings. The normalized spacial score (nSPS) is 10.8. The number of esters is 2. The van der Waals surface area contributed by atoms with E-state index in [4.69, 9.17) is 23.7 Å². The fourth-order valence-corrected chi connectivity index (χ4v) is 3.24. The summed E-state index contributed by atoms with van der Waals surface area (Å²) < 4.78 is 21.1. The van der Waals surface area contributed by atoms with Gasteiger partial charge in [0.25, 0.3) is 0 Å². The molecule has 7 nitrogen and oxygen atoms in total. The maximum absolute atomic E-state index is 11.6. The molecule has 0 unspecified atom stereocenters. The molecule has 144 valence electrons. The topological polar surface area (TPSA) is 94.9 Å². The second kappa shape index (κ2) is 9.24. The molecular formula is C19H22NO6P. The lowest BCUT2D eigenvalue weighted by Gasteiger charge is -2.20. The van der Waals surface area contributed by atoms with Gasteiger partial charge in [-0.05, 0) is 62.4 Å². The first kappa shape index (κ1) is 20.5. The minimum Gasteiger partial charge on any atom is -0.462 e. The lowest BCUT2D eigenvalue weighted by molar-refractivity contribution is 0.0516. The van der Waals surface area contributed by atoms with Crippen LogP contribution in [0, 0.1) is 5.16 Å². The lowest BCUT2D eigenvalue weighted by atomic mass is 10.2. The highest BCUT2D eigenvalue weighted by atomic mass is 31.2. The van der Waals surface area contributed by atoms with E-state index in [1.807, 2.05) is 0 Å². The van der Waals surface area contributed by atoms with Gasteiger partial charge in [0.15, 0.2) is 0 Å². The van der Waals surface area contributed by atoms with Crippen molar-refractivity contribution in [3.8, 4) is 11.5 Å². The van der Waals surface area contributed by atoms with Crippen molar-refractivity contribution < 1.29 is 28.1 Å². The fraction of sp³-hybridized carbons (Fsp3) is 0.263. The van der Waals surface area contributed by atoms with Crippen LogP contribution in [0.15, 0.2) is 48.5 Å². The average molecular weight is 391 g/mol. The Hall–Kier alpha value is -2.79. The number of rotatable bonds is 8. The van der Waals surface area contributed by atoms with Crippen molar-refractivity contribution >= 4 is 19.4 Å². The summed E-state index contributed by atoms with van der Waals surface area (Å²) in [6.07, 6.45) is 0. The Morgan fingerprint density at radius 2 is 1.11 bits per heavy atom. The molecule has 0 aromatic heterocycles. The molecule has 2 rings (SSSR count). The molecule has 0 aliphatic carbocycles. The number of carbonyl (C=O) groups excluding carboxylic acids is 2. The molecule has 0 amide bonds. The molecule has 27 heavy (non-hydrogen) atoms. The number of hydrogen-bond donors (Lipinski definition) is 1. The van der Waals surface area contributed by atoms with Gasteiger partial charge in [0.2, 0.25) is 0 Å². The summed E-state index contributed by atoms with van der Waals surface area (Å²) in [5.74, 6) is 0.00453. The third kappa shape index (κ3) is 6.15. The molecular weight excluding hydrogens is 369 g/mol. The Bertz CT molecular complexity index is 765. The maximum atomic E-state index is 11.6. The standard InChI is InChI=1S/C19H22NO6P/c1-4-23-18(21)14-6-10-16(11-7-14)25-27(3,20)26-17-12-8-15(9-13-17)19(22)24-5-2/h6-13,20H,4-5H2,1-3H3. The zero-order chi connectivity index (χ0) is 19.9. The summed E-state index contributed by atoms with van der Waals surface area (Å²) in [4.78, 5) is 23.3. The summed E-state index contributed by atoms with van der Waals surface area (Å²) in [6, 6.07) is 12.6. The lowest BCUT2D eigenvalue weighted by Crippen LogP contribution is -2.05. The van der Waals surface area contributed by atoms with Gasteiger partial charge in [0, 0.05) is 6.66 Å². The summed E-state index contributed by atoms with van der Waals surface area (Å²) in [5, 5.41) is 8.29. The highest BCUT2D eigenvalue weighted by molar-refractivity contribution is 7.55. The van der Waals surface area contributed by atoms with Gasteiger partial charge in [-0.1, -0.05) is 0 Å². The first-order valence-electron chi connectivity index (χ1n) is 8.40. The van der Waals surface area contributed by atoms with Crippen LogP contribution in [0.4, 0.5) is 0 Å². The van der Waals surface area contributed by atoms with E-state index in [0.29, 0.717) is 35.8 Å². The molecule has 0 aliphatic rings. The first-order chi connectivity index (χ1) is 12.8. The van der Waals surface area contributed by atoms with E-state index in [1.165, 1.54) is 0 Å². The van der Waals surface area contributed by atoms with Crippen molar-refractivity contribution in [1.29, 1.82) is 5.16 Å². The largest absolute Gasteiger partial charge is 0.462 e. The molecule has 2 aromatic carbocycles. The van der Waals surface area contributed by atoms with E-state index in [1.54, 1.807) is 69.0 Å². The maximum Gasteiger partial charge on any atom is 0.338 e. The van der Waals surface area contributed by atoms with Crippen LogP contribution in [0.25, 0.3) is 0 Å².